The largest absolute Gasteiger partial charge is 0.479 e. The Hall–Kier alpha value is -3.99. The molecular formula is C32H34N2O5. The molecule has 0 spiro atoms. The first-order chi connectivity index (χ1) is 18.5. The Morgan fingerprint density at radius 1 is 0.974 bits per heavy atom. The highest BCUT2D eigenvalue weighted by atomic mass is 16.5. The molecule has 7 nitrogen and oxygen atoms in total. The summed E-state index contributed by atoms with van der Waals surface area (Å²) < 4.78 is 6.53. The number of hydrogen-bond acceptors (Lipinski definition) is 5. The number of benzene rings is 3. The number of nitriles is 1. The van der Waals surface area contributed by atoms with E-state index in [4.69, 9.17) is 4.74 Å². The van der Waals surface area contributed by atoms with Crippen LogP contribution in [0.25, 0.3) is 11.1 Å². The molecule has 3 N–H and O–H groups in total. The molecule has 3 aromatic carbocycles. The number of aliphatic hydroxyl groups is 1. The standard InChI is InChI=1S/C32H34N2O5/c1-21(2)19-27(29(35)34-32(20-33)17-18-32)39-28(24-7-5-4-6-8-24)25-11-9-22(10-12-25)23-13-15-26(16-14-23)31(3,38)30(36)37/h4-16,21,27-28,38H,17-19H2,1-3H3,(H,34,35)(H,36,37)/t27-,28+,31?/m0/s1. The minimum Gasteiger partial charge on any atom is -0.479 e. The topological polar surface area (TPSA) is 120 Å². The van der Waals surface area contributed by atoms with Crippen LogP contribution in [0.4, 0.5) is 0 Å². The second-order valence-electron chi connectivity index (χ2n) is 10.8. The molecule has 1 saturated carbocycles. The van der Waals surface area contributed by atoms with Gasteiger partial charge in [0, 0.05) is 0 Å². The molecular weight excluding hydrogens is 492 g/mol. The summed E-state index contributed by atoms with van der Waals surface area (Å²) in [6.45, 7) is 5.32. The van der Waals surface area contributed by atoms with Crippen molar-refractivity contribution in [3.8, 4) is 17.2 Å². The Morgan fingerprint density at radius 3 is 2.00 bits per heavy atom. The summed E-state index contributed by atoms with van der Waals surface area (Å²) in [7, 11) is 0. The van der Waals surface area contributed by atoms with Crippen LogP contribution in [0.15, 0.2) is 78.9 Å². The average Bonchev–Trinajstić information content (AvgIpc) is 3.71. The minimum atomic E-state index is -1.96. The fraction of sp³-hybridized carbons (Fsp3) is 0.344. The van der Waals surface area contributed by atoms with Crippen molar-refractivity contribution >= 4 is 11.9 Å². The first-order valence-corrected chi connectivity index (χ1v) is 13.1. The van der Waals surface area contributed by atoms with E-state index in [2.05, 4.69) is 11.4 Å². The molecule has 3 aromatic rings. The van der Waals surface area contributed by atoms with E-state index in [9.17, 15) is 25.1 Å². The van der Waals surface area contributed by atoms with Crippen LogP contribution in [0.5, 0.6) is 0 Å². The molecule has 1 aliphatic rings. The number of aliphatic carboxylic acids is 1. The number of nitrogens with one attached hydrogen (secondary N) is 1. The highest BCUT2D eigenvalue weighted by Crippen LogP contribution is 2.36. The molecule has 0 aromatic heterocycles. The lowest BCUT2D eigenvalue weighted by molar-refractivity contribution is -0.157. The van der Waals surface area contributed by atoms with E-state index in [0.29, 0.717) is 24.8 Å². The number of amides is 1. The second kappa shape index (κ2) is 11.4. The van der Waals surface area contributed by atoms with E-state index in [-0.39, 0.29) is 11.8 Å². The molecule has 1 unspecified atom stereocenters. The third-order valence-corrected chi connectivity index (χ3v) is 7.12. The lowest BCUT2D eigenvalue weighted by atomic mass is 9.93. The van der Waals surface area contributed by atoms with Gasteiger partial charge in [-0.2, -0.15) is 5.26 Å². The van der Waals surface area contributed by atoms with Gasteiger partial charge in [-0.05, 0) is 59.9 Å². The number of hydrogen-bond donors (Lipinski definition) is 3. The van der Waals surface area contributed by atoms with Crippen LogP contribution in [-0.4, -0.2) is 33.7 Å². The molecule has 39 heavy (non-hydrogen) atoms. The van der Waals surface area contributed by atoms with Gasteiger partial charge in [-0.1, -0.05) is 92.7 Å². The first kappa shape index (κ1) is 28.0. The van der Waals surface area contributed by atoms with Crippen LogP contribution in [-0.2, 0) is 19.9 Å². The van der Waals surface area contributed by atoms with Gasteiger partial charge in [0.1, 0.15) is 17.7 Å². The van der Waals surface area contributed by atoms with Gasteiger partial charge in [-0.25, -0.2) is 4.79 Å². The van der Waals surface area contributed by atoms with Crippen molar-refractivity contribution in [2.24, 2.45) is 5.92 Å². The van der Waals surface area contributed by atoms with Gasteiger partial charge in [-0.3, -0.25) is 4.79 Å². The number of rotatable bonds is 11. The van der Waals surface area contributed by atoms with Crippen LogP contribution in [0, 0.1) is 17.2 Å². The third-order valence-electron chi connectivity index (χ3n) is 7.12. The Bertz CT molecular complexity index is 1340. The van der Waals surface area contributed by atoms with Gasteiger partial charge >= 0.3 is 5.97 Å². The molecule has 4 rings (SSSR count). The van der Waals surface area contributed by atoms with Crippen molar-refractivity contribution in [3.05, 3.63) is 95.6 Å². The van der Waals surface area contributed by atoms with Gasteiger partial charge in [0.15, 0.2) is 5.60 Å². The van der Waals surface area contributed by atoms with Crippen LogP contribution < -0.4 is 5.32 Å². The highest BCUT2D eigenvalue weighted by molar-refractivity contribution is 5.82. The fourth-order valence-corrected chi connectivity index (χ4v) is 4.46. The Morgan fingerprint density at radius 2 is 1.51 bits per heavy atom. The molecule has 1 fully saturated rings. The van der Waals surface area contributed by atoms with Crippen molar-refractivity contribution in [1.29, 1.82) is 5.26 Å². The Labute approximate surface area is 229 Å². The average molecular weight is 527 g/mol. The maximum atomic E-state index is 13.2. The molecule has 0 heterocycles. The fourth-order valence-electron chi connectivity index (χ4n) is 4.46. The summed E-state index contributed by atoms with van der Waals surface area (Å²) in [6.07, 6.45) is 0.598. The van der Waals surface area contributed by atoms with E-state index >= 15 is 0 Å². The van der Waals surface area contributed by atoms with Gasteiger partial charge in [0.25, 0.3) is 0 Å². The third kappa shape index (κ3) is 6.54. The molecule has 0 aliphatic heterocycles. The predicted octanol–water partition coefficient (Wildman–Crippen LogP) is 5.34. The predicted molar refractivity (Wildman–Crippen MR) is 147 cm³/mol. The summed E-state index contributed by atoms with van der Waals surface area (Å²) >= 11 is 0. The van der Waals surface area contributed by atoms with Crippen LogP contribution >= 0.6 is 0 Å². The quantitative estimate of drug-likeness (QED) is 0.310. The van der Waals surface area contributed by atoms with E-state index < -0.39 is 29.3 Å². The maximum Gasteiger partial charge on any atom is 0.340 e. The van der Waals surface area contributed by atoms with E-state index in [0.717, 1.165) is 22.3 Å². The molecule has 202 valence electrons. The van der Waals surface area contributed by atoms with Gasteiger partial charge in [-0.15, -0.1) is 0 Å². The van der Waals surface area contributed by atoms with Crippen molar-refractivity contribution in [2.45, 2.75) is 63.4 Å². The van der Waals surface area contributed by atoms with Crippen molar-refractivity contribution in [1.82, 2.24) is 5.32 Å². The molecule has 1 amide bonds. The van der Waals surface area contributed by atoms with Gasteiger partial charge in [0.2, 0.25) is 5.91 Å². The molecule has 7 heteroatoms. The SMILES string of the molecule is CC(C)C[C@H](O[C@H](c1ccccc1)c1ccc(-c2ccc(C(C)(O)C(=O)O)cc2)cc1)C(=O)NC1(C#N)CC1. The Kier molecular flexibility index (Phi) is 8.19. The van der Waals surface area contributed by atoms with E-state index in [1.165, 1.54) is 6.92 Å². The maximum absolute atomic E-state index is 13.2. The van der Waals surface area contributed by atoms with Crippen molar-refractivity contribution in [3.63, 3.8) is 0 Å². The number of carbonyl (C=O) groups excluding carboxylic acids is 1. The van der Waals surface area contributed by atoms with Crippen LogP contribution in [0.3, 0.4) is 0 Å². The number of carboxylic acid groups (broad SMARTS) is 1. The second-order valence-corrected chi connectivity index (χ2v) is 10.8. The minimum absolute atomic E-state index is 0.210. The molecule has 0 saturated heterocycles. The highest BCUT2D eigenvalue weighted by Gasteiger charge is 2.46. The summed E-state index contributed by atoms with van der Waals surface area (Å²) in [4.78, 5) is 24.6. The summed E-state index contributed by atoms with van der Waals surface area (Å²) in [5, 5.41) is 31.9. The number of carbonyl (C=O) groups is 2. The lowest BCUT2D eigenvalue weighted by Gasteiger charge is -2.27. The summed E-state index contributed by atoms with van der Waals surface area (Å²) in [5.74, 6) is -1.37. The Balaban J connectivity index is 1.60. The lowest BCUT2D eigenvalue weighted by Crippen LogP contribution is -2.44. The van der Waals surface area contributed by atoms with Crippen molar-refractivity contribution < 1.29 is 24.5 Å². The summed E-state index contributed by atoms with van der Waals surface area (Å²) in [6, 6.07) is 26.5. The zero-order chi connectivity index (χ0) is 28.2. The molecule has 0 bridgehead atoms. The molecule has 0 radical (unpaired) electrons. The van der Waals surface area contributed by atoms with Gasteiger partial charge in [0.05, 0.1) is 6.07 Å². The number of nitrogens with zero attached hydrogens (tertiary/aromatic N) is 1. The molecule has 3 atom stereocenters. The van der Waals surface area contributed by atoms with E-state index in [1.54, 1.807) is 24.3 Å². The van der Waals surface area contributed by atoms with Crippen LogP contribution in [0.2, 0.25) is 0 Å². The van der Waals surface area contributed by atoms with Crippen LogP contribution in [0.1, 0.15) is 62.8 Å². The van der Waals surface area contributed by atoms with Crippen molar-refractivity contribution in [2.75, 3.05) is 0 Å². The smallest absolute Gasteiger partial charge is 0.340 e. The first-order valence-electron chi connectivity index (χ1n) is 13.1. The monoisotopic (exact) mass is 526 g/mol. The molecule has 1 aliphatic carbocycles. The zero-order valence-electron chi connectivity index (χ0n) is 22.4. The van der Waals surface area contributed by atoms with Gasteiger partial charge < -0.3 is 20.3 Å². The normalized spacial score (nSPS) is 16.9. The van der Waals surface area contributed by atoms with E-state index in [1.807, 2.05) is 68.4 Å². The zero-order valence-corrected chi connectivity index (χ0v) is 22.4. The summed E-state index contributed by atoms with van der Waals surface area (Å²) in [5.41, 5.74) is 1.12. The number of carboxylic acids is 1. The number of ether oxygens (including phenoxy) is 1.